The summed E-state index contributed by atoms with van der Waals surface area (Å²) >= 11 is 0. The molecule has 3 rings (SSSR count). The Balaban J connectivity index is 1.90. The average Bonchev–Trinajstić information content (AvgIpc) is 2.90. The van der Waals surface area contributed by atoms with E-state index < -0.39 is 5.97 Å². The van der Waals surface area contributed by atoms with Gasteiger partial charge in [-0.3, -0.25) is 0 Å². The normalized spacial score (nSPS) is 10.7. The van der Waals surface area contributed by atoms with E-state index in [-0.39, 0.29) is 5.75 Å². The lowest BCUT2D eigenvalue weighted by molar-refractivity contribution is 0.0600. The van der Waals surface area contributed by atoms with Crippen LogP contribution in [0.4, 0.5) is 0 Å². The van der Waals surface area contributed by atoms with Crippen LogP contribution in [0.25, 0.3) is 5.65 Å². The van der Waals surface area contributed by atoms with Crippen molar-refractivity contribution in [3.8, 4) is 5.75 Å². The number of nitrogens with zero attached hydrogens (tertiary/aromatic N) is 3. The third-order valence-electron chi connectivity index (χ3n) is 3.10. The van der Waals surface area contributed by atoms with Crippen LogP contribution >= 0.6 is 0 Å². The molecule has 0 atom stereocenters. The average molecular weight is 283 g/mol. The number of fused-ring (bicyclic) bond motifs is 1. The first-order valence-electron chi connectivity index (χ1n) is 6.37. The Morgan fingerprint density at radius 2 is 2.05 bits per heavy atom. The topological polar surface area (TPSA) is 76.7 Å². The largest absolute Gasteiger partial charge is 0.508 e. The summed E-state index contributed by atoms with van der Waals surface area (Å²) in [5.41, 5.74) is 2.03. The maximum atomic E-state index is 11.5. The molecular formula is C15H13N3O3. The van der Waals surface area contributed by atoms with E-state index >= 15 is 0 Å². The highest BCUT2D eigenvalue weighted by atomic mass is 16.5. The zero-order valence-corrected chi connectivity index (χ0v) is 11.4. The van der Waals surface area contributed by atoms with Crippen LogP contribution in [0, 0.1) is 0 Å². The first kappa shape index (κ1) is 13.1. The van der Waals surface area contributed by atoms with Crippen molar-refractivity contribution in [1.82, 2.24) is 14.6 Å². The molecule has 0 saturated carbocycles. The van der Waals surface area contributed by atoms with Gasteiger partial charge in [-0.15, -0.1) is 0 Å². The smallest absolute Gasteiger partial charge is 0.338 e. The Labute approximate surface area is 120 Å². The van der Waals surface area contributed by atoms with Gasteiger partial charge < -0.3 is 9.84 Å². The Bertz CT molecular complexity index is 794. The molecule has 6 nitrogen and oxygen atoms in total. The van der Waals surface area contributed by atoms with Gasteiger partial charge in [0.1, 0.15) is 5.75 Å². The maximum Gasteiger partial charge on any atom is 0.338 e. The number of ether oxygens (including phenoxy) is 1. The fourth-order valence-corrected chi connectivity index (χ4v) is 2.04. The second-order valence-corrected chi connectivity index (χ2v) is 4.58. The molecule has 0 bridgehead atoms. The molecule has 0 unspecified atom stereocenters. The molecule has 0 amide bonds. The number of rotatable bonds is 3. The highest BCUT2D eigenvalue weighted by molar-refractivity contribution is 5.90. The minimum atomic E-state index is -0.402. The van der Waals surface area contributed by atoms with E-state index in [1.807, 2.05) is 12.1 Å². The number of esters is 1. The molecule has 0 aliphatic carbocycles. The second kappa shape index (κ2) is 5.24. The number of phenolic OH excluding ortho intramolecular Hbond substituents is 1. The van der Waals surface area contributed by atoms with Crippen LogP contribution in [0.15, 0.2) is 42.6 Å². The van der Waals surface area contributed by atoms with Crippen LogP contribution in [0.2, 0.25) is 0 Å². The van der Waals surface area contributed by atoms with Gasteiger partial charge in [-0.05, 0) is 29.8 Å². The summed E-state index contributed by atoms with van der Waals surface area (Å²) < 4.78 is 6.29. The quantitative estimate of drug-likeness (QED) is 0.742. The molecule has 0 aliphatic rings. The van der Waals surface area contributed by atoms with Crippen molar-refractivity contribution in [3.05, 3.63) is 59.5 Å². The van der Waals surface area contributed by atoms with Gasteiger partial charge in [-0.25, -0.2) is 14.3 Å². The van der Waals surface area contributed by atoms with E-state index in [4.69, 9.17) is 0 Å². The molecule has 21 heavy (non-hydrogen) atoms. The molecule has 1 aromatic carbocycles. The summed E-state index contributed by atoms with van der Waals surface area (Å²) in [5.74, 6) is 0.465. The number of benzene rings is 1. The molecule has 0 radical (unpaired) electrons. The second-order valence-electron chi connectivity index (χ2n) is 4.58. The van der Waals surface area contributed by atoms with Gasteiger partial charge >= 0.3 is 5.97 Å². The lowest BCUT2D eigenvalue weighted by atomic mass is 10.1. The van der Waals surface area contributed by atoms with Crippen molar-refractivity contribution >= 4 is 11.6 Å². The van der Waals surface area contributed by atoms with E-state index in [9.17, 15) is 9.90 Å². The molecule has 6 heteroatoms. The number of carbonyl (C=O) groups excluding carboxylic acids is 1. The summed E-state index contributed by atoms with van der Waals surface area (Å²) in [6.07, 6.45) is 2.23. The zero-order chi connectivity index (χ0) is 14.8. The van der Waals surface area contributed by atoms with Crippen molar-refractivity contribution in [2.75, 3.05) is 7.11 Å². The predicted molar refractivity (Wildman–Crippen MR) is 75.2 cm³/mol. The molecule has 0 aliphatic heterocycles. The van der Waals surface area contributed by atoms with E-state index in [0.717, 1.165) is 5.56 Å². The number of hydrogen-bond acceptors (Lipinski definition) is 5. The van der Waals surface area contributed by atoms with E-state index in [1.54, 1.807) is 35.0 Å². The molecule has 3 aromatic rings. The molecule has 0 spiro atoms. The van der Waals surface area contributed by atoms with Gasteiger partial charge in [0.15, 0.2) is 11.5 Å². The lowest BCUT2D eigenvalue weighted by Crippen LogP contribution is -2.02. The highest BCUT2D eigenvalue weighted by Crippen LogP contribution is 2.13. The Morgan fingerprint density at radius 1 is 1.29 bits per heavy atom. The standard InChI is InChI=1S/C15H13N3O3/c1-21-15(20)11-6-7-18-14(9-11)16-13(17-18)8-10-2-4-12(19)5-3-10/h2-7,9,19H,8H2,1H3. The first-order valence-corrected chi connectivity index (χ1v) is 6.37. The Morgan fingerprint density at radius 3 is 2.76 bits per heavy atom. The Hall–Kier alpha value is -2.89. The molecule has 2 aromatic heterocycles. The van der Waals surface area contributed by atoms with Crippen molar-refractivity contribution < 1.29 is 14.6 Å². The van der Waals surface area contributed by atoms with Gasteiger partial charge in [0.05, 0.1) is 12.7 Å². The molecule has 2 heterocycles. The van der Waals surface area contributed by atoms with E-state index in [1.165, 1.54) is 7.11 Å². The number of methoxy groups -OCH3 is 1. The zero-order valence-electron chi connectivity index (χ0n) is 11.4. The molecule has 1 N–H and O–H groups in total. The number of pyridine rings is 1. The van der Waals surface area contributed by atoms with Crippen LogP contribution in [0.3, 0.4) is 0 Å². The minimum Gasteiger partial charge on any atom is -0.508 e. The monoisotopic (exact) mass is 283 g/mol. The van der Waals surface area contributed by atoms with E-state index in [0.29, 0.717) is 23.5 Å². The van der Waals surface area contributed by atoms with Crippen LogP contribution in [0.5, 0.6) is 5.75 Å². The van der Waals surface area contributed by atoms with Crippen molar-refractivity contribution in [2.24, 2.45) is 0 Å². The summed E-state index contributed by atoms with van der Waals surface area (Å²) in [5, 5.41) is 13.6. The van der Waals surface area contributed by atoms with Gasteiger partial charge in [0.2, 0.25) is 0 Å². The van der Waals surface area contributed by atoms with Crippen molar-refractivity contribution in [1.29, 1.82) is 0 Å². The predicted octanol–water partition coefficient (Wildman–Crippen LogP) is 1.81. The number of phenols is 1. The summed E-state index contributed by atoms with van der Waals surface area (Å²) in [6, 6.07) is 10.2. The summed E-state index contributed by atoms with van der Waals surface area (Å²) in [4.78, 5) is 15.9. The number of hydrogen-bond donors (Lipinski definition) is 1. The maximum absolute atomic E-state index is 11.5. The van der Waals surface area contributed by atoms with E-state index in [2.05, 4.69) is 14.8 Å². The highest BCUT2D eigenvalue weighted by Gasteiger charge is 2.09. The van der Waals surface area contributed by atoms with Crippen LogP contribution < -0.4 is 0 Å². The first-order chi connectivity index (χ1) is 10.2. The number of carbonyl (C=O) groups is 1. The van der Waals surface area contributed by atoms with Crippen LogP contribution in [-0.4, -0.2) is 32.8 Å². The third kappa shape index (κ3) is 2.69. The van der Waals surface area contributed by atoms with Gasteiger partial charge in [0.25, 0.3) is 0 Å². The SMILES string of the molecule is COC(=O)c1ccn2nc(Cc3ccc(O)cc3)nc2c1. The number of aromatic nitrogens is 3. The van der Waals surface area contributed by atoms with Gasteiger partial charge in [-0.1, -0.05) is 12.1 Å². The van der Waals surface area contributed by atoms with Crippen LogP contribution in [0.1, 0.15) is 21.7 Å². The summed E-state index contributed by atoms with van der Waals surface area (Å²) in [6.45, 7) is 0. The fourth-order valence-electron chi connectivity index (χ4n) is 2.04. The lowest BCUT2D eigenvalue weighted by Gasteiger charge is -1.97. The van der Waals surface area contributed by atoms with Crippen molar-refractivity contribution in [3.63, 3.8) is 0 Å². The fraction of sp³-hybridized carbons (Fsp3) is 0.133. The minimum absolute atomic E-state index is 0.226. The molecular weight excluding hydrogens is 270 g/mol. The third-order valence-corrected chi connectivity index (χ3v) is 3.10. The van der Waals surface area contributed by atoms with Crippen LogP contribution in [-0.2, 0) is 11.2 Å². The molecule has 0 saturated heterocycles. The van der Waals surface area contributed by atoms with Crippen molar-refractivity contribution in [2.45, 2.75) is 6.42 Å². The Kier molecular flexibility index (Phi) is 3.27. The number of aromatic hydroxyl groups is 1. The summed E-state index contributed by atoms with van der Waals surface area (Å²) in [7, 11) is 1.34. The molecule has 0 fully saturated rings. The molecule has 106 valence electrons. The van der Waals surface area contributed by atoms with Gasteiger partial charge in [0, 0.05) is 12.6 Å². The van der Waals surface area contributed by atoms with Gasteiger partial charge in [-0.2, -0.15) is 5.10 Å².